The Kier molecular flexibility index (Phi) is 5.47. The zero-order valence-electron chi connectivity index (χ0n) is 14.3. The molecule has 0 aromatic heterocycles. The Morgan fingerprint density at radius 1 is 0.913 bits per heavy atom. The van der Waals surface area contributed by atoms with Crippen LogP contribution in [0.15, 0.2) is 48.5 Å². The highest BCUT2D eigenvalue weighted by molar-refractivity contribution is 5.63. The number of ether oxygens (including phenoxy) is 1. The van der Waals surface area contributed by atoms with E-state index >= 15 is 0 Å². The summed E-state index contributed by atoms with van der Waals surface area (Å²) < 4.78 is 6.08. The van der Waals surface area contributed by atoms with Crippen LogP contribution in [0, 0.1) is 0 Å². The van der Waals surface area contributed by atoms with Crippen LogP contribution in [0.1, 0.15) is 37.3 Å². The first-order chi connectivity index (χ1) is 11.3. The molecule has 0 bridgehead atoms. The number of rotatable bonds is 5. The molecule has 1 unspecified atom stereocenters. The summed E-state index contributed by atoms with van der Waals surface area (Å²) in [7, 11) is 2.16. The summed E-state index contributed by atoms with van der Waals surface area (Å²) in [5.74, 6) is 0. The Hall–Kier alpha value is -1.64. The standard InChI is InChI=1S/C21H27NO/c1-3-17-7-11-19(12-8-17)20-13-9-18(10-14-20)16-23-21-6-4-5-15-22(21)2/h7-14,21H,3-6,15-16H2,1-2H3. The molecule has 0 radical (unpaired) electrons. The summed E-state index contributed by atoms with van der Waals surface area (Å²) in [6.07, 6.45) is 5.10. The average molecular weight is 309 g/mol. The molecule has 2 heteroatoms. The number of likely N-dealkylation sites (tertiary alicyclic amines) is 1. The van der Waals surface area contributed by atoms with Gasteiger partial charge < -0.3 is 4.74 Å². The van der Waals surface area contributed by atoms with E-state index in [1.54, 1.807) is 0 Å². The van der Waals surface area contributed by atoms with Crippen LogP contribution in [0.2, 0.25) is 0 Å². The minimum absolute atomic E-state index is 0.282. The number of nitrogens with zero attached hydrogens (tertiary/aromatic N) is 1. The normalized spacial score (nSPS) is 19.0. The van der Waals surface area contributed by atoms with E-state index < -0.39 is 0 Å². The predicted octanol–water partition coefficient (Wildman–Crippen LogP) is 4.87. The molecule has 3 rings (SSSR count). The van der Waals surface area contributed by atoms with Crippen molar-refractivity contribution < 1.29 is 4.74 Å². The molecule has 1 saturated heterocycles. The Balaban J connectivity index is 1.60. The molecule has 2 aromatic rings. The van der Waals surface area contributed by atoms with Gasteiger partial charge in [0.05, 0.1) is 6.61 Å². The molecule has 0 N–H and O–H groups in total. The van der Waals surface area contributed by atoms with E-state index in [9.17, 15) is 0 Å². The topological polar surface area (TPSA) is 12.5 Å². The fraction of sp³-hybridized carbons (Fsp3) is 0.429. The highest BCUT2D eigenvalue weighted by atomic mass is 16.5. The minimum Gasteiger partial charge on any atom is -0.358 e. The molecule has 1 aliphatic rings. The molecule has 2 nitrogen and oxygen atoms in total. The maximum Gasteiger partial charge on any atom is 0.110 e. The zero-order chi connectivity index (χ0) is 16.1. The third-order valence-corrected chi connectivity index (χ3v) is 4.80. The molecule has 0 aliphatic carbocycles. The van der Waals surface area contributed by atoms with Crippen molar-refractivity contribution in [1.29, 1.82) is 0 Å². The van der Waals surface area contributed by atoms with E-state index in [2.05, 4.69) is 67.4 Å². The van der Waals surface area contributed by atoms with Gasteiger partial charge in [0.25, 0.3) is 0 Å². The molecule has 1 fully saturated rings. The molecule has 23 heavy (non-hydrogen) atoms. The fourth-order valence-electron chi connectivity index (χ4n) is 3.17. The third kappa shape index (κ3) is 4.21. The molecule has 1 heterocycles. The van der Waals surface area contributed by atoms with Crippen LogP contribution in [0.4, 0.5) is 0 Å². The average Bonchev–Trinajstić information content (AvgIpc) is 2.62. The monoisotopic (exact) mass is 309 g/mol. The van der Waals surface area contributed by atoms with E-state index in [0.717, 1.165) is 19.4 Å². The Bertz CT molecular complexity index is 603. The van der Waals surface area contributed by atoms with Gasteiger partial charge in [-0.05, 0) is 55.0 Å². The van der Waals surface area contributed by atoms with E-state index in [4.69, 9.17) is 4.74 Å². The van der Waals surface area contributed by atoms with Gasteiger partial charge in [0.1, 0.15) is 6.23 Å². The lowest BCUT2D eigenvalue weighted by Crippen LogP contribution is -2.37. The van der Waals surface area contributed by atoms with Crippen molar-refractivity contribution in [1.82, 2.24) is 4.90 Å². The second-order valence-corrected chi connectivity index (χ2v) is 6.49. The van der Waals surface area contributed by atoms with Crippen molar-refractivity contribution in [3.8, 4) is 11.1 Å². The molecular weight excluding hydrogens is 282 g/mol. The van der Waals surface area contributed by atoms with Crippen LogP contribution in [0.3, 0.4) is 0 Å². The molecule has 122 valence electrons. The number of benzene rings is 2. The van der Waals surface area contributed by atoms with E-state index in [1.807, 2.05) is 0 Å². The lowest BCUT2D eigenvalue weighted by atomic mass is 10.0. The number of aryl methyl sites for hydroxylation is 1. The highest BCUT2D eigenvalue weighted by Gasteiger charge is 2.18. The first-order valence-electron chi connectivity index (χ1n) is 8.76. The molecule has 0 spiro atoms. The van der Waals surface area contributed by atoms with Gasteiger partial charge in [-0.2, -0.15) is 0 Å². The summed E-state index contributed by atoms with van der Waals surface area (Å²) in [5.41, 5.74) is 5.18. The summed E-state index contributed by atoms with van der Waals surface area (Å²) in [6, 6.07) is 17.6. The van der Waals surface area contributed by atoms with Crippen molar-refractivity contribution >= 4 is 0 Å². The highest BCUT2D eigenvalue weighted by Crippen LogP contribution is 2.22. The minimum atomic E-state index is 0.282. The van der Waals surface area contributed by atoms with Gasteiger partial charge in [-0.15, -0.1) is 0 Å². The van der Waals surface area contributed by atoms with Crippen molar-refractivity contribution in [3.63, 3.8) is 0 Å². The van der Waals surface area contributed by atoms with Gasteiger partial charge in [-0.1, -0.05) is 55.5 Å². The molecule has 2 aromatic carbocycles. The van der Waals surface area contributed by atoms with E-state index in [-0.39, 0.29) is 6.23 Å². The smallest absolute Gasteiger partial charge is 0.110 e. The van der Waals surface area contributed by atoms with Crippen molar-refractivity contribution in [2.75, 3.05) is 13.6 Å². The number of hydrogen-bond donors (Lipinski definition) is 0. The molecule has 1 atom stereocenters. The van der Waals surface area contributed by atoms with Gasteiger partial charge in [-0.25, -0.2) is 0 Å². The quantitative estimate of drug-likeness (QED) is 0.781. The van der Waals surface area contributed by atoms with Crippen LogP contribution in [-0.2, 0) is 17.8 Å². The molecule has 0 amide bonds. The largest absolute Gasteiger partial charge is 0.358 e. The first-order valence-corrected chi connectivity index (χ1v) is 8.76. The first kappa shape index (κ1) is 16.2. The van der Waals surface area contributed by atoms with Gasteiger partial charge in [0.15, 0.2) is 0 Å². The molecule has 0 saturated carbocycles. The summed E-state index contributed by atoms with van der Waals surface area (Å²) >= 11 is 0. The summed E-state index contributed by atoms with van der Waals surface area (Å²) in [6.45, 7) is 4.04. The lowest BCUT2D eigenvalue weighted by molar-refractivity contribution is -0.0761. The number of hydrogen-bond acceptors (Lipinski definition) is 2. The fourth-order valence-corrected chi connectivity index (χ4v) is 3.17. The van der Waals surface area contributed by atoms with Crippen molar-refractivity contribution in [3.05, 3.63) is 59.7 Å². The van der Waals surface area contributed by atoms with Gasteiger partial charge in [0, 0.05) is 6.54 Å². The van der Waals surface area contributed by atoms with Gasteiger partial charge in [0.2, 0.25) is 0 Å². The Morgan fingerprint density at radius 3 is 2.09 bits per heavy atom. The maximum absolute atomic E-state index is 6.08. The Labute approximate surface area is 140 Å². The van der Waals surface area contributed by atoms with Gasteiger partial charge >= 0.3 is 0 Å². The summed E-state index contributed by atoms with van der Waals surface area (Å²) in [5, 5.41) is 0. The van der Waals surface area contributed by atoms with Crippen LogP contribution in [-0.4, -0.2) is 24.7 Å². The van der Waals surface area contributed by atoms with E-state index in [1.165, 1.54) is 35.1 Å². The van der Waals surface area contributed by atoms with Crippen LogP contribution in [0.25, 0.3) is 11.1 Å². The zero-order valence-corrected chi connectivity index (χ0v) is 14.3. The Morgan fingerprint density at radius 2 is 1.52 bits per heavy atom. The second kappa shape index (κ2) is 7.76. The van der Waals surface area contributed by atoms with Crippen LogP contribution >= 0.6 is 0 Å². The van der Waals surface area contributed by atoms with E-state index in [0.29, 0.717) is 6.61 Å². The third-order valence-electron chi connectivity index (χ3n) is 4.80. The van der Waals surface area contributed by atoms with Crippen LogP contribution in [0.5, 0.6) is 0 Å². The predicted molar refractivity (Wildman–Crippen MR) is 96.3 cm³/mol. The molecular formula is C21H27NO. The lowest BCUT2D eigenvalue weighted by Gasteiger charge is -2.32. The number of piperidine rings is 1. The van der Waals surface area contributed by atoms with Crippen molar-refractivity contribution in [2.45, 2.75) is 45.4 Å². The van der Waals surface area contributed by atoms with Gasteiger partial charge in [-0.3, -0.25) is 4.90 Å². The molecule has 1 aliphatic heterocycles. The van der Waals surface area contributed by atoms with Crippen LogP contribution < -0.4 is 0 Å². The second-order valence-electron chi connectivity index (χ2n) is 6.49. The SMILES string of the molecule is CCc1ccc(-c2ccc(COC3CCCCN3C)cc2)cc1. The maximum atomic E-state index is 6.08. The summed E-state index contributed by atoms with van der Waals surface area (Å²) in [4.78, 5) is 2.33. The van der Waals surface area contributed by atoms with Crippen molar-refractivity contribution in [2.24, 2.45) is 0 Å².